The third-order valence-corrected chi connectivity index (χ3v) is 5.41. The highest BCUT2D eigenvalue weighted by molar-refractivity contribution is 5.94. The smallest absolute Gasteiger partial charge is 0.326 e. The van der Waals surface area contributed by atoms with Crippen molar-refractivity contribution in [2.75, 3.05) is 6.61 Å². The van der Waals surface area contributed by atoms with E-state index < -0.39 is 60.4 Å². The molecule has 6 unspecified atom stereocenters. The van der Waals surface area contributed by atoms with E-state index in [2.05, 4.69) is 16.0 Å². The molecule has 0 aromatic carbocycles. The van der Waals surface area contributed by atoms with Crippen molar-refractivity contribution in [2.45, 2.75) is 77.5 Å². The first-order valence-electron chi connectivity index (χ1n) is 10.7. The lowest BCUT2D eigenvalue weighted by Gasteiger charge is -2.30. The lowest BCUT2D eigenvalue weighted by atomic mass is 9.94. The first-order valence-corrected chi connectivity index (χ1v) is 10.7. The number of carbonyl (C=O) groups is 5. The van der Waals surface area contributed by atoms with Crippen molar-refractivity contribution in [1.29, 1.82) is 0 Å². The monoisotopic (exact) mass is 459 g/mol. The molecule has 32 heavy (non-hydrogen) atoms. The number of nitrogens with one attached hydrogen (secondary N) is 3. The molecule has 0 aromatic heterocycles. The highest BCUT2D eigenvalue weighted by Gasteiger charge is 2.34. The average Bonchev–Trinajstić information content (AvgIpc) is 2.75. The van der Waals surface area contributed by atoms with E-state index in [9.17, 15) is 29.1 Å². The Labute approximate surface area is 187 Å². The van der Waals surface area contributed by atoms with Crippen molar-refractivity contribution in [3.05, 3.63) is 0 Å². The van der Waals surface area contributed by atoms with Gasteiger partial charge in [0.05, 0.1) is 6.61 Å². The molecule has 0 rings (SSSR count). The van der Waals surface area contributed by atoms with Crippen molar-refractivity contribution in [3.8, 4) is 0 Å². The van der Waals surface area contributed by atoms with Gasteiger partial charge in [-0.15, -0.1) is 0 Å². The summed E-state index contributed by atoms with van der Waals surface area (Å²) in [7, 11) is 0. The summed E-state index contributed by atoms with van der Waals surface area (Å²) >= 11 is 0. The van der Waals surface area contributed by atoms with E-state index >= 15 is 0 Å². The third kappa shape index (κ3) is 9.60. The lowest BCUT2D eigenvalue weighted by Crippen LogP contribution is -2.60. The average molecular weight is 460 g/mol. The van der Waals surface area contributed by atoms with E-state index in [1.807, 2.05) is 6.92 Å². The predicted octanol–water partition coefficient (Wildman–Crippen LogP) is -1.80. The number of aliphatic hydroxyl groups excluding tert-OH is 1. The van der Waals surface area contributed by atoms with Crippen LogP contribution < -0.4 is 27.4 Å². The van der Waals surface area contributed by atoms with Crippen LogP contribution in [0, 0.1) is 11.8 Å². The van der Waals surface area contributed by atoms with Crippen LogP contribution in [0.2, 0.25) is 0 Å². The van der Waals surface area contributed by atoms with Crippen LogP contribution in [0.5, 0.6) is 0 Å². The maximum Gasteiger partial charge on any atom is 0.326 e. The molecule has 0 aliphatic carbocycles. The summed E-state index contributed by atoms with van der Waals surface area (Å²) in [4.78, 5) is 60.3. The van der Waals surface area contributed by atoms with Crippen molar-refractivity contribution in [2.24, 2.45) is 23.3 Å². The molecular weight excluding hydrogens is 422 g/mol. The molecule has 12 nitrogen and oxygen atoms in total. The van der Waals surface area contributed by atoms with Crippen LogP contribution in [0.15, 0.2) is 0 Å². The van der Waals surface area contributed by atoms with Gasteiger partial charge in [0.15, 0.2) is 0 Å². The quantitative estimate of drug-likeness (QED) is 0.148. The molecule has 0 spiro atoms. The van der Waals surface area contributed by atoms with Gasteiger partial charge in [0, 0.05) is 6.42 Å². The van der Waals surface area contributed by atoms with Gasteiger partial charge in [-0.1, -0.05) is 40.5 Å². The van der Waals surface area contributed by atoms with Gasteiger partial charge in [-0.05, 0) is 18.3 Å². The van der Waals surface area contributed by atoms with Gasteiger partial charge in [0.2, 0.25) is 23.6 Å². The number of hydrogen-bond acceptors (Lipinski definition) is 7. The maximum atomic E-state index is 13.0. The molecule has 4 amide bonds. The number of nitrogens with two attached hydrogens (primary N) is 2. The van der Waals surface area contributed by atoms with Gasteiger partial charge in [-0.3, -0.25) is 19.2 Å². The van der Waals surface area contributed by atoms with Crippen molar-refractivity contribution in [3.63, 3.8) is 0 Å². The van der Waals surface area contributed by atoms with E-state index in [1.165, 1.54) is 0 Å². The Morgan fingerprint density at radius 3 is 1.66 bits per heavy atom. The zero-order valence-corrected chi connectivity index (χ0v) is 19.1. The van der Waals surface area contributed by atoms with Gasteiger partial charge < -0.3 is 37.6 Å². The van der Waals surface area contributed by atoms with Gasteiger partial charge in [-0.25, -0.2) is 4.79 Å². The van der Waals surface area contributed by atoms with Crippen LogP contribution >= 0.6 is 0 Å². The van der Waals surface area contributed by atoms with Crippen LogP contribution in [0.25, 0.3) is 0 Å². The fraction of sp³-hybridized carbons (Fsp3) is 0.750. The van der Waals surface area contributed by atoms with Gasteiger partial charge >= 0.3 is 5.97 Å². The Hall–Kier alpha value is -2.73. The van der Waals surface area contributed by atoms with Gasteiger partial charge in [-0.2, -0.15) is 0 Å². The molecule has 0 aromatic rings. The zero-order valence-electron chi connectivity index (χ0n) is 19.1. The van der Waals surface area contributed by atoms with E-state index in [0.29, 0.717) is 12.8 Å². The largest absolute Gasteiger partial charge is 0.480 e. The summed E-state index contributed by atoms with van der Waals surface area (Å²) in [5.41, 5.74) is 10.6. The third-order valence-electron chi connectivity index (χ3n) is 5.41. The number of carboxylic acids is 1. The zero-order chi connectivity index (χ0) is 25.0. The molecule has 9 N–H and O–H groups in total. The van der Waals surface area contributed by atoms with E-state index in [1.54, 1.807) is 20.8 Å². The number of amides is 4. The van der Waals surface area contributed by atoms with E-state index in [-0.39, 0.29) is 24.7 Å². The number of hydrogen-bond donors (Lipinski definition) is 7. The van der Waals surface area contributed by atoms with Crippen molar-refractivity contribution >= 4 is 29.6 Å². The molecule has 0 bridgehead atoms. The molecule has 0 saturated carbocycles. The summed E-state index contributed by atoms with van der Waals surface area (Å²) in [6.07, 6.45) is 0.598. The lowest BCUT2D eigenvalue weighted by molar-refractivity contribution is -0.143. The predicted molar refractivity (Wildman–Crippen MR) is 116 cm³/mol. The molecule has 0 aliphatic rings. The highest BCUT2D eigenvalue weighted by Crippen LogP contribution is 2.13. The fourth-order valence-corrected chi connectivity index (χ4v) is 2.80. The summed E-state index contributed by atoms with van der Waals surface area (Å²) < 4.78 is 0. The molecule has 0 saturated heterocycles. The van der Waals surface area contributed by atoms with Crippen LogP contribution in [-0.2, 0) is 24.0 Å². The fourth-order valence-electron chi connectivity index (χ4n) is 2.80. The topological polar surface area (TPSA) is 214 Å². The minimum absolute atomic E-state index is 0.192. The molecule has 0 fully saturated rings. The minimum Gasteiger partial charge on any atom is -0.480 e. The molecule has 6 atom stereocenters. The SMILES string of the molecule is CCC(C)C(NC(=O)C(N)CO)C(=O)NC(C(=O)NC(CCC(N)=O)C(=O)O)C(C)CC. The van der Waals surface area contributed by atoms with Crippen molar-refractivity contribution in [1.82, 2.24) is 16.0 Å². The standard InChI is InChI=1S/C20H37N5O7/c1-5-10(3)15(18(29)23-13(20(31)32)7-8-14(22)27)25-19(30)16(11(4)6-2)24-17(28)12(21)9-26/h10-13,15-16,26H,5-9,21H2,1-4H3,(H2,22,27)(H,23,29)(H,24,28)(H,25,30)(H,31,32). The summed E-state index contributed by atoms with van der Waals surface area (Å²) in [5, 5.41) is 25.8. The number of aliphatic carboxylic acids is 1. The van der Waals surface area contributed by atoms with Crippen LogP contribution in [0.4, 0.5) is 0 Å². The highest BCUT2D eigenvalue weighted by atomic mass is 16.4. The first-order chi connectivity index (χ1) is 14.9. The minimum atomic E-state index is -1.36. The Bertz CT molecular complexity index is 673. The van der Waals surface area contributed by atoms with Crippen LogP contribution in [0.1, 0.15) is 53.4 Å². The van der Waals surface area contributed by atoms with Crippen molar-refractivity contribution < 1.29 is 34.2 Å². The number of carboxylic acid groups (broad SMARTS) is 1. The summed E-state index contributed by atoms with van der Waals surface area (Å²) in [6.45, 7) is 6.46. The Morgan fingerprint density at radius 1 is 0.844 bits per heavy atom. The molecular formula is C20H37N5O7. The maximum absolute atomic E-state index is 13.0. The van der Waals surface area contributed by atoms with E-state index in [4.69, 9.17) is 16.6 Å². The Balaban J connectivity index is 5.57. The second kappa shape index (κ2) is 14.4. The Kier molecular flexibility index (Phi) is 13.1. The second-order valence-electron chi connectivity index (χ2n) is 7.94. The normalized spacial score (nSPS) is 16.6. The Morgan fingerprint density at radius 2 is 1.28 bits per heavy atom. The van der Waals surface area contributed by atoms with Gasteiger partial charge in [0.1, 0.15) is 24.2 Å². The first kappa shape index (κ1) is 29.3. The number of carbonyl (C=O) groups excluding carboxylic acids is 4. The molecule has 0 radical (unpaired) electrons. The van der Waals surface area contributed by atoms with Crippen LogP contribution in [-0.4, -0.2) is 70.6 Å². The number of primary amides is 1. The second-order valence-corrected chi connectivity index (χ2v) is 7.94. The molecule has 12 heteroatoms. The number of rotatable bonds is 15. The van der Waals surface area contributed by atoms with Crippen LogP contribution in [0.3, 0.4) is 0 Å². The summed E-state index contributed by atoms with van der Waals surface area (Å²) in [6, 6.07) is -4.66. The summed E-state index contributed by atoms with van der Waals surface area (Å²) in [5.74, 6) is -4.80. The molecule has 0 heterocycles. The van der Waals surface area contributed by atoms with E-state index in [0.717, 1.165) is 0 Å². The number of aliphatic hydroxyl groups is 1. The van der Waals surface area contributed by atoms with Gasteiger partial charge in [0.25, 0.3) is 0 Å². The molecule has 0 aliphatic heterocycles. The molecule has 184 valence electrons.